The van der Waals surface area contributed by atoms with E-state index in [4.69, 9.17) is 5.73 Å². The quantitative estimate of drug-likeness (QED) is 0.484. The van der Waals surface area contributed by atoms with Crippen LogP contribution in [0.5, 0.6) is 0 Å². The lowest BCUT2D eigenvalue weighted by Gasteiger charge is -2.28. The van der Waals surface area contributed by atoms with Gasteiger partial charge in [-0.05, 0) is 12.8 Å². The molecule has 0 aromatic heterocycles. The number of nitrogens with one attached hydrogen (secondary N) is 1. The van der Waals surface area contributed by atoms with E-state index in [2.05, 4.69) is 5.43 Å². The highest BCUT2D eigenvalue weighted by Crippen LogP contribution is 2.04. The van der Waals surface area contributed by atoms with Crippen LogP contribution in [0.25, 0.3) is 0 Å². The van der Waals surface area contributed by atoms with Crippen molar-refractivity contribution in [2.24, 2.45) is 5.73 Å². The van der Waals surface area contributed by atoms with Gasteiger partial charge < -0.3 is 5.73 Å². The van der Waals surface area contributed by atoms with Crippen molar-refractivity contribution in [1.29, 1.82) is 0 Å². The number of carbonyl (C=O) groups is 2. The van der Waals surface area contributed by atoms with E-state index >= 15 is 0 Å². The molecule has 11 heavy (non-hydrogen) atoms. The minimum Gasteiger partial charge on any atom is -0.368 e. The summed E-state index contributed by atoms with van der Waals surface area (Å²) in [5, 5.41) is 1.35. The third kappa shape index (κ3) is 1.91. The third-order valence-electron chi connectivity index (χ3n) is 1.68. The first-order valence-electron chi connectivity index (χ1n) is 3.51. The number of rotatable bonds is 2. The summed E-state index contributed by atoms with van der Waals surface area (Å²) in [4.78, 5) is 20.9. The number of hydrogen-bond acceptors (Lipinski definition) is 3. The van der Waals surface area contributed by atoms with E-state index in [0.717, 1.165) is 6.42 Å². The molecule has 0 radical (unpaired) electrons. The van der Waals surface area contributed by atoms with Gasteiger partial charge in [-0.15, -0.1) is 0 Å². The van der Waals surface area contributed by atoms with Crippen LogP contribution in [0.3, 0.4) is 0 Å². The Bertz CT molecular complexity index is 171. The topological polar surface area (TPSA) is 75.4 Å². The van der Waals surface area contributed by atoms with E-state index in [1.54, 1.807) is 0 Å². The van der Waals surface area contributed by atoms with Gasteiger partial charge in [-0.1, -0.05) is 0 Å². The molecule has 1 aliphatic rings. The molecule has 3 N–H and O–H groups in total. The SMILES string of the molecule is NC(=O)C1CCCN(C=O)N1. The molecule has 1 atom stereocenters. The van der Waals surface area contributed by atoms with Gasteiger partial charge in [0.25, 0.3) is 0 Å². The van der Waals surface area contributed by atoms with Gasteiger partial charge in [0.2, 0.25) is 12.3 Å². The van der Waals surface area contributed by atoms with Crippen LogP contribution in [0, 0.1) is 0 Å². The highest BCUT2D eigenvalue weighted by atomic mass is 16.2. The predicted octanol–water partition coefficient (Wildman–Crippen LogP) is -1.40. The molecule has 1 fully saturated rings. The number of carbonyl (C=O) groups excluding carboxylic acids is 2. The Balaban J connectivity index is 2.45. The summed E-state index contributed by atoms with van der Waals surface area (Å²) in [6.45, 7) is 0.646. The van der Waals surface area contributed by atoms with Gasteiger partial charge in [-0.2, -0.15) is 0 Å². The van der Waals surface area contributed by atoms with Crippen molar-refractivity contribution < 1.29 is 9.59 Å². The molecule has 5 heteroatoms. The van der Waals surface area contributed by atoms with Crippen LogP contribution in [0.4, 0.5) is 0 Å². The van der Waals surface area contributed by atoms with Crippen LogP contribution < -0.4 is 11.2 Å². The van der Waals surface area contributed by atoms with Gasteiger partial charge in [0.15, 0.2) is 0 Å². The normalized spacial score (nSPS) is 24.7. The fourth-order valence-corrected chi connectivity index (χ4v) is 1.08. The van der Waals surface area contributed by atoms with Crippen molar-refractivity contribution in [2.45, 2.75) is 18.9 Å². The third-order valence-corrected chi connectivity index (χ3v) is 1.68. The van der Waals surface area contributed by atoms with Crippen LogP contribution >= 0.6 is 0 Å². The first-order valence-corrected chi connectivity index (χ1v) is 3.51. The van der Waals surface area contributed by atoms with Crippen LogP contribution in [0.1, 0.15) is 12.8 Å². The van der Waals surface area contributed by atoms with Crippen molar-refractivity contribution in [2.75, 3.05) is 6.54 Å². The Labute approximate surface area is 64.5 Å². The fraction of sp³-hybridized carbons (Fsp3) is 0.667. The lowest BCUT2D eigenvalue weighted by atomic mass is 10.1. The maximum Gasteiger partial charge on any atom is 0.236 e. The molecule has 0 aromatic rings. The van der Waals surface area contributed by atoms with E-state index in [-0.39, 0.29) is 6.04 Å². The Morgan fingerprint density at radius 3 is 3.00 bits per heavy atom. The Kier molecular flexibility index (Phi) is 2.43. The van der Waals surface area contributed by atoms with Crippen LogP contribution in [-0.4, -0.2) is 29.9 Å². The summed E-state index contributed by atoms with van der Waals surface area (Å²) in [7, 11) is 0. The first kappa shape index (κ1) is 8.00. The summed E-state index contributed by atoms with van der Waals surface area (Å²) in [6, 6.07) is -0.381. The molecule has 1 saturated heterocycles. The molecular formula is C6H11N3O2. The van der Waals surface area contributed by atoms with Crippen LogP contribution in [0.2, 0.25) is 0 Å². The van der Waals surface area contributed by atoms with E-state index < -0.39 is 5.91 Å². The number of primary amides is 1. The van der Waals surface area contributed by atoms with E-state index in [1.165, 1.54) is 5.01 Å². The number of amides is 2. The lowest BCUT2D eigenvalue weighted by molar-refractivity contribution is -0.128. The van der Waals surface area contributed by atoms with E-state index in [1.807, 2.05) is 0 Å². The van der Waals surface area contributed by atoms with Gasteiger partial charge in [-0.3, -0.25) is 14.6 Å². The molecule has 1 heterocycles. The molecular weight excluding hydrogens is 146 g/mol. The molecule has 0 bridgehead atoms. The molecule has 1 rings (SSSR count). The summed E-state index contributed by atoms with van der Waals surface area (Å²) in [5.74, 6) is -0.406. The molecule has 62 valence electrons. The lowest BCUT2D eigenvalue weighted by Crippen LogP contribution is -2.53. The number of nitrogens with zero attached hydrogens (tertiary/aromatic N) is 1. The smallest absolute Gasteiger partial charge is 0.236 e. The Morgan fingerprint density at radius 1 is 1.73 bits per heavy atom. The van der Waals surface area contributed by atoms with E-state index in [9.17, 15) is 9.59 Å². The van der Waals surface area contributed by atoms with Gasteiger partial charge in [0.05, 0.1) is 0 Å². The zero-order valence-electron chi connectivity index (χ0n) is 6.12. The first-order chi connectivity index (χ1) is 5.24. The second-order valence-electron chi connectivity index (χ2n) is 2.53. The van der Waals surface area contributed by atoms with Crippen molar-refractivity contribution in [3.63, 3.8) is 0 Å². The molecule has 0 saturated carbocycles. The van der Waals surface area contributed by atoms with Gasteiger partial charge in [0.1, 0.15) is 6.04 Å². The maximum atomic E-state index is 10.6. The Hall–Kier alpha value is -1.10. The monoisotopic (exact) mass is 157 g/mol. The predicted molar refractivity (Wildman–Crippen MR) is 38.1 cm³/mol. The number of hydrazine groups is 1. The highest BCUT2D eigenvalue weighted by Gasteiger charge is 2.21. The summed E-state index contributed by atoms with van der Waals surface area (Å²) < 4.78 is 0. The van der Waals surface area contributed by atoms with Crippen molar-refractivity contribution in [3.8, 4) is 0 Å². The van der Waals surface area contributed by atoms with Gasteiger partial charge in [-0.25, -0.2) is 5.43 Å². The fourth-order valence-electron chi connectivity index (χ4n) is 1.08. The summed E-state index contributed by atoms with van der Waals surface area (Å²) in [6.07, 6.45) is 2.19. The largest absolute Gasteiger partial charge is 0.368 e. The second kappa shape index (κ2) is 3.34. The minimum atomic E-state index is -0.406. The second-order valence-corrected chi connectivity index (χ2v) is 2.53. The zero-order valence-corrected chi connectivity index (χ0v) is 6.12. The molecule has 0 spiro atoms. The highest BCUT2D eigenvalue weighted by molar-refractivity contribution is 5.80. The van der Waals surface area contributed by atoms with E-state index in [0.29, 0.717) is 19.4 Å². The average Bonchev–Trinajstić information content (AvgIpc) is 2.05. The zero-order chi connectivity index (χ0) is 8.27. The molecule has 0 aliphatic carbocycles. The number of nitrogens with two attached hydrogens (primary N) is 1. The Morgan fingerprint density at radius 2 is 2.45 bits per heavy atom. The van der Waals surface area contributed by atoms with Crippen molar-refractivity contribution in [3.05, 3.63) is 0 Å². The summed E-state index contributed by atoms with van der Waals surface area (Å²) >= 11 is 0. The number of hydrogen-bond donors (Lipinski definition) is 2. The van der Waals surface area contributed by atoms with Gasteiger partial charge >= 0.3 is 0 Å². The minimum absolute atomic E-state index is 0.381. The van der Waals surface area contributed by atoms with Crippen molar-refractivity contribution in [1.82, 2.24) is 10.4 Å². The molecule has 5 nitrogen and oxygen atoms in total. The van der Waals surface area contributed by atoms with Gasteiger partial charge in [0, 0.05) is 6.54 Å². The standard InChI is InChI=1S/C6H11N3O2/c7-6(11)5-2-1-3-9(4-10)8-5/h4-5,8H,1-3H2,(H2,7,11). The van der Waals surface area contributed by atoms with Crippen molar-refractivity contribution >= 4 is 12.3 Å². The molecule has 2 amide bonds. The average molecular weight is 157 g/mol. The molecule has 1 unspecified atom stereocenters. The molecule has 0 aromatic carbocycles. The maximum absolute atomic E-state index is 10.6. The van der Waals surface area contributed by atoms with Crippen LogP contribution in [0.15, 0.2) is 0 Å². The molecule has 1 aliphatic heterocycles. The van der Waals surface area contributed by atoms with Crippen LogP contribution in [-0.2, 0) is 9.59 Å². The summed E-state index contributed by atoms with van der Waals surface area (Å²) in [5.41, 5.74) is 7.73.